The van der Waals surface area contributed by atoms with Gasteiger partial charge in [0.25, 0.3) is 0 Å². The summed E-state index contributed by atoms with van der Waals surface area (Å²) in [6.07, 6.45) is -4.40. The summed E-state index contributed by atoms with van der Waals surface area (Å²) < 4.78 is 38.0. The maximum Gasteiger partial charge on any atom is 0.405 e. The minimum absolute atomic E-state index is 0.589. The molecule has 0 saturated heterocycles. The van der Waals surface area contributed by atoms with Crippen LogP contribution in [0, 0.1) is 0 Å². The van der Waals surface area contributed by atoms with E-state index in [4.69, 9.17) is 0 Å². The Balaban J connectivity index is 2.06. The maximum absolute atomic E-state index is 12.1. The van der Waals surface area contributed by atoms with Gasteiger partial charge in [-0.15, -0.1) is 0 Å². The number of hydrogen-bond acceptors (Lipinski definition) is 3. The fourth-order valence-electron chi connectivity index (χ4n) is 1.77. The molecule has 2 rings (SSSR count). The first-order valence-corrected chi connectivity index (χ1v) is 7.08. The van der Waals surface area contributed by atoms with Gasteiger partial charge >= 0.3 is 6.18 Å². The molecular formula is C13H14F3N3OS. The van der Waals surface area contributed by atoms with Crippen LogP contribution in [0.4, 0.5) is 13.2 Å². The number of fused-ring (bicyclic) bond motifs is 1. The third-order valence-electron chi connectivity index (χ3n) is 2.86. The number of amides is 1. The predicted octanol–water partition coefficient (Wildman–Crippen LogP) is 2.73. The average molecular weight is 317 g/mol. The van der Waals surface area contributed by atoms with Gasteiger partial charge in [0.1, 0.15) is 6.54 Å². The van der Waals surface area contributed by atoms with E-state index in [-0.39, 0.29) is 0 Å². The molecule has 1 unspecified atom stereocenters. The number of thioether (sulfide) groups is 1. The first-order valence-electron chi connectivity index (χ1n) is 6.20. The van der Waals surface area contributed by atoms with Crippen molar-refractivity contribution in [3.63, 3.8) is 0 Å². The zero-order chi connectivity index (χ0) is 15.6. The Hall–Kier alpha value is -1.70. The second-order valence-corrected chi connectivity index (χ2v) is 5.84. The SMILES string of the molecule is CC(Sc1nc2ccccc2n1C)C(=O)NCC(F)(F)F. The summed E-state index contributed by atoms with van der Waals surface area (Å²) in [5.74, 6) is -0.663. The first-order chi connectivity index (χ1) is 9.78. The highest BCUT2D eigenvalue weighted by Crippen LogP contribution is 2.26. The molecule has 0 radical (unpaired) electrons. The normalized spacial score (nSPS) is 13.4. The molecule has 0 aliphatic heterocycles. The van der Waals surface area contributed by atoms with Crippen LogP contribution in [-0.4, -0.2) is 33.4 Å². The number of halogens is 3. The molecule has 114 valence electrons. The summed E-state index contributed by atoms with van der Waals surface area (Å²) in [5, 5.41) is 1.80. The van der Waals surface area contributed by atoms with Gasteiger partial charge in [-0.25, -0.2) is 4.98 Å². The highest BCUT2D eigenvalue weighted by molar-refractivity contribution is 8.00. The van der Waals surface area contributed by atoms with Gasteiger partial charge in [-0.05, 0) is 19.1 Å². The minimum Gasteiger partial charge on any atom is -0.346 e. The van der Waals surface area contributed by atoms with Crippen molar-refractivity contribution in [1.29, 1.82) is 0 Å². The van der Waals surface area contributed by atoms with E-state index in [1.54, 1.807) is 14.0 Å². The van der Waals surface area contributed by atoms with E-state index in [2.05, 4.69) is 4.98 Å². The highest BCUT2D eigenvalue weighted by atomic mass is 32.2. The molecular weight excluding hydrogens is 303 g/mol. The predicted molar refractivity (Wildman–Crippen MR) is 75.1 cm³/mol. The maximum atomic E-state index is 12.1. The molecule has 0 aliphatic rings. The van der Waals surface area contributed by atoms with Gasteiger partial charge in [0, 0.05) is 7.05 Å². The molecule has 21 heavy (non-hydrogen) atoms. The molecule has 1 amide bonds. The summed E-state index contributed by atoms with van der Waals surface area (Å²) in [4.78, 5) is 16.0. The molecule has 0 spiro atoms. The van der Waals surface area contributed by atoms with Gasteiger partial charge in [0.2, 0.25) is 5.91 Å². The molecule has 0 saturated carbocycles. The number of hydrogen-bond donors (Lipinski definition) is 1. The zero-order valence-electron chi connectivity index (χ0n) is 11.4. The Labute approximate surface area is 123 Å². The number of alkyl halides is 3. The second kappa shape index (κ2) is 5.97. The van der Waals surface area contributed by atoms with E-state index < -0.39 is 23.9 Å². The van der Waals surface area contributed by atoms with Gasteiger partial charge in [-0.1, -0.05) is 23.9 Å². The summed E-state index contributed by atoms with van der Waals surface area (Å²) in [7, 11) is 1.80. The third kappa shape index (κ3) is 3.90. The molecule has 1 N–H and O–H groups in total. The van der Waals surface area contributed by atoms with Crippen molar-refractivity contribution in [2.24, 2.45) is 7.05 Å². The van der Waals surface area contributed by atoms with Crippen LogP contribution in [0.15, 0.2) is 29.4 Å². The number of aromatic nitrogens is 2. The quantitative estimate of drug-likeness (QED) is 0.882. The molecule has 8 heteroatoms. The number of benzene rings is 1. The monoisotopic (exact) mass is 317 g/mol. The Morgan fingerprint density at radius 3 is 2.71 bits per heavy atom. The van der Waals surface area contributed by atoms with Gasteiger partial charge in [-0.3, -0.25) is 4.79 Å². The molecule has 0 fully saturated rings. The molecule has 1 aromatic carbocycles. The number of aryl methyl sites for hydroxylation is 1. The Kier molecular flexibility index (Phi) is 4.46. The lowest BCUT2D eigenvalue weighted by molar-refractivity contribution is -0.137. The first kappa shape index (κ1) is 15.7. The minimum atomic E-state index is -4.40. The van der Waals surface area contributed by atoms with E-state index in [1.165, 1.54) is 0 Å². The lowest BCUT2D eigenvalue weighted by Crippen LogP contribution is -2.38. The molecule has 2 aromatic rings. The number of imidazole rings is 1. The van der Waals surface area contributed by atoms with E-state index in [0.29, 0.717) is 5.16 Å². The fraction of sp³-hybridized carbons (Fsp3) is 0.385. The lowest BCUT2D eigenvalue weighted by atomic mass is 10.3. The number of carbonyl (C=O) groups is 1. The number of nitrogens with zero attached hydrogens (tertiary/aromatic N) is 2. The number of nitrogens with one attached hydrogen (secondary N) is 1. The van der Waals surface area contributed by atoms with Crippen molar-refractivity contribution in [3.8, 4) is 0 Å². The van der Waals surface area contributed by atoms with Crippen LogP contribution in [0.3, 0.4) is 0 Å². The van der Waals surface area contributed by atoms with Gasteiger partial charge < -0.3 is 9.88 Å². The summed E-state index contributed by atoms with van der Waals surface area (Å²) in [6, 6.07) is 7.45. The largest absolute Gasteiger partial charge is 0.405 e. The lowest BCUT2D eigenvalue weighted by Gasteiger charge is -2.13. The Bertz CT molecular complexity index is 654. The molecule has 4 nitrogen and oxygen atoms in total. The zero-order valence-corrected chi connectivity index (χ0v) is 12.3. The van der Waals surface area contributed by atoms with Crippen LogP contribution in [0.5, 0.6) is 0 Å². The molecule has 0 bridgehead atoms. The second-order valence-electron chi connectivity index (χ2n) is 4.54. The summed E-state index contributed by atoms with van der Waals surface area (Å²) in [6.45, 7) is 0.231. The van der Waals surface area contributed by atoms with Crippen molar-refractivity contribution in [1.82, 2.24) is 14.9 Å². The smallest absolute Gasteiger partial charge is 0.346 e. The third-order valence-corrected chi connectivity index (χ3v) is 4.00. The number of para-hydroxylation sites is 2. The van der Waals surface area contributed by atoms with Gasteiger partial charge in [-0.2, -0.15) is 13.2 Å². The van der Waals surface area contributed by atoms with Crippen LogP contribution in [0.1, 0.15) is 6.92 Å². The molecule has 1 atom stereocenters. The number of rotatable bonds is 4. The summed E-state index contributed by atoms with van der Waals surface area (Å²) in [5.41, 5.74) is 1.69. The van der Waals surface area contributed by atoms with Crippen LogP contribution >= 0.6 is 11.8 Å². The summed E-state index contributed by atoms with van der Waals surface area (Å²) >= 11 is 1.13. The van der Waals surface area contributed by atoms with Gasteiger partial charge in [0.05, 0.1) is 16.3 Å². The number of carbonyl (C=O) groups excluding carboxylic acids is 1. The van der Waals surface area contributed by atoms with Crippen molar-refractivity contribution in [3.05, 3.63) is 24.3 Å². The fourth-order valence-corrected chi connectivity index (χ4v) is 2.69. The molecule has 0 aliphatic carbocycles. The van der Waals surface area contributed by atoms with E-state index in [1.807, 2.05) is 34.1 Å². The average Bonchev–Trinajstić information content (AvgIpc) is 2.72. The Morgan fingerprint density at radius 2 is 2.10 bits per heavy atom. The van der Waals surface area contributed by atoms with Crippen LogP contribution < -0.4 is 5.32 Å². The topological polar surface area (TPSA) is 46.9 Å². The van der Waals surface area contributed by atoms with Crippen molar-refractivity contribution in [2.45, 2.75) is 23.5 Å². The van der Waals surface area contributed by atoms with E-state index in [9.17, 15) is 18.0 Å². The van der Waals surface area contributed by atoms with Crippen LogP contribution in [-0.2, 0) is 11.8 Å². The van der Waals surface area contributed by atoms with Crippen LogP contribution in [0.2, 0.25) is 0 Å². The van der Waals surface area contributed by atoms with Crippen LogP contribution in [0.25, 0.3) is 11.0 Å². The highest BCUT2D eigenvalue weighted by Gasteiger charge is 2.29. The van der Waals surface area contributed by atoms with Gasteiger partial charge in [0.15, 0.2) is 5.16 Å². The van der Waals surface area contributed by atoms with Crippen molar-refractivity contribution in [2.75, 3.05) is 6.54 Å². The molecule has 1 heterocycles. The molecule has 1 aromatic heterocycles. The van der Waals surface area contributed by atoms with Crippen molar-refractivity contribution < 1.29 is 18.0 Å². The Morgan fingerprint density at radius 1 is 1.43 bits per heavy atom. The van der Waals surface area contributed by atoms with E-state index in [0.717, 1.165) is 22.8 Å². The standard InChI is InChI=1S/C13H14F3N3OS/c1-8(11(20)17-7-13(14,15)16)21-12-18-9-5-3-4-6-10(9)19(12)2/h3-6,8H,7H2,1-2H3,(H,17,20). The van der Waals surface area contributed by atoms with E-state index >= 15 is 0 Å². The van der Waals surface area contributed by atoms with Crippen molar-refractivity contribution >= 4 is 28.7 Å².